The van der Waals surface area contributed by atoms with Gasteiger partial charge in [-0.05, 0) is 37.8 Å². The standard InChI is InChI=1S/C15H24N2/c1-12-4-3-5-13(2)17(12)11-15-8-6-14(10-16)7-9-15/h6-9,12-13H,3-5,10-11,16H2,1-2H3. The Morgan fingerprint density at radius 3 is 2.12 bits per heavy atom. The van der Waals surface area contributed by atoms with E-state index in [1.165, 1.54) is 30.4 Å². The van der Waals surface area contributed by atoms with Crippen LogP contribution in [-0.4, -0.2) is 17.0 Å². The zero-order chi connectivity index (χ0) is 12.3. The summed E-state index contributed by atoms with van der Waals surface area (Å²) in [6.07, 6.45) is 4.06. The van der Waals surface area contributed by atoms with E-state index in [-0.39, 0.29) is 0 Å². The van der Waals surface area contributed by atoms with Gasteiger partial charge in [-0.2, -0.15) is 0 Å². The van der Waals surface area contributed by atoms with E-state index >= 15 is 0 Å². The van der Waals surface area contributed by atoms with Crippen LogP contribution < -0.4 is 5.73 Å². The molecule has 0 aromatic heterocycles. The lowest BCUT2D eigenvalue weighted by atomic mass is 9.96. The minimum Gasteiger partial charge on any atom is -0.326 e. The van der Waals surface area contributed by atoms with E-state index < -0.39 is 0 Å². The molecule has 1 aliphatic heterocycles. The van der Waals surface area contributed by atoms with E-state index in [0.29, 0.717) is 18.6 Å². The Morgan fingerprint density at radius 2 is 1.59 bits per heavy atom. The third kappa shape index (κ3) is 3.08. The lowest BCUT2D eigenvalue weighted by Gasteiger charge is -2.39. The Balaban J connectivity index is 2.03. The van der Waals surface area contributed by atoms with Crippen molar-refractivity contribution in [2.75, 3.05) is 0 Å². The average Bonchev–Trinajstić information content (AvgIpc) is 2.35. The van der Waals surface area contributed by atoms with Crippen LogP contribution in [0.5, 0.6) is 0 Å². The molecule has 2 heteroatoms. The number of nitrogens with zero attached hydrogens (tertiary/aromatic N) is 1. The molecule has 1 fully saturated rings. The first-order chi connectivity index (χ1) is 8.20. The van der Waals surface area contributed by atoms with Gasteiger partial charge in [0, 0.05) is 25.2 Å². The number of likely N-dealkylation sites (tertiary alicyclic amines) is 1. The van der Waals surface area contributed by atoms with Gasteiger partial charge in [-0.25, -0.2) is 0 Å². The van der Waals surface area contributed by atoms with Gasteiger partial charge >= 0.3 is 0 Å². The first-order valence-corrected chi connectivity index (χ1v) is 6.74. The van der Waals surface area contributed by atoms with Crippen LogP contribution in [0.3, 0.4) is 0 Å². The first-order valence-electron chi connectivity index (χ1n) is 6.74. The Bertz CT molecular complexity index is 334. The monoisotopic (exact) mass is 232 g/mol. The molecule has 1 heterocycles. The molecule has 17 heavy (non-hydrogen) atoms. The summed E-state index contributed by atoms with van der Waals surface area (Å²) in [7, 11) is 0. The molecular formula is C15H24N2. The minimum atomic E-state index is 0.636. The summed E-state index contributed by atoms with van der Waals surface area (Å²) in [5.74, 6) is 0. The second-order valence-corrected chi connectivity index (χ2v) is 5.32. The van der Waals surface area contributed by atoms with Crippen molar-refractivity contribution in [3.8, 4) is 0 Å². The Hall–Kier alpha value is -0.860. The molecule has 1 aromatic rings. The summed E-state index contributed by atoms with van der Waals surface area (Å²) < 4.78 is 0. The maximum atomic E-state index is 5.62. The Morgan fingerprint density at radius 1 is 1.06 bits per heavy atom. The lowest BCUT2D eigenvalue weighted by Crippen LogP contribution is -2.42. The van der Waals surface area contributed by atoms with Crippen molar-refractivity contribution in [1.82, 2.24) is 4.90 Å². The molecule has 0 saturated carbocycles. The zero-order valence-electron chi connectivity index (χ0n) is 11.0. The number of benzene rings is 1. The highest BCUT2D eigenvalue weighted by molar-refractivity contribution is 5.22. The fourth-order valence-electron chi connectivity index (χ4n) is 2.78. The lowest BCUT2D eigenvalue weighted by molar-refractivity contribution is 0.0953. The van der Waals surface area contributed by atoms with E-state index in [1.807, 2.05) is 0 Å². The largest absolute Gasteiger partial charge is 0.326 e. The van der Waals surface area contributed by atoms with Gasteiger partial charge in [-0.3, -0.25) is 4.90 Å². The predicted octanol–water partition coefficient (Wildman–Crippen LogP) is 2.91. The molecule has 0 aliphatic carbocycles. The maximum Gasteiger partial charge on any atom is 0.0239 e. The summed E-state index contributed by atoms with van der Waals surface area (Å²) in [5.41, 5.74) is 8.24. The van der Waals surface area contributed by atoms with Crippen LogP contribution in [0.4, 0.5) is 0 Å². The van der Waals surface area contributed by atoms with Crippen molar-refractivity contribution in [2.24, 2.45) is 5.73 Å². The molecule has 1 aromatic carbocycles. The molecule has 2 unspecified atom stereocenters. The van der Waals surface area contributed by atoms with E-state index in [4.69, 9.17) is 5.73 Å². The molecule has 0 amide bonds. The van der Waals surface area contributed by atoms with Crippen LogP contribution in [0, 0.1) is 0 Å². The number of piperidine rings is 1. The number of hydrogen-bond donors (Lipinski definition) is 1. The second-order valence-electron chi connectivity index (χ2n) is 5.32. The van der Waals surface area contributed by atoms with Gasteiger partial charge in [-0.15, -0.1) is 0 Å². The Labute approximate surface area is 105 Å². The topological polar surface area (TPSA) is 29.3 Å². The van der Waals surface area contributed by atoms with Crippen LogP contribution in [0.15, 0.2) is 24.3 Å². The average molecular weight is 232 g/mol. The van der Waals surface area contributed by atoms with Crippen molar-refractivity contribution >= 4 is 0 Å². The van der Waals surface area contributed by atoms with E-state index in [2.05, 4.69) is 43.0 Å². The molecule has 0 spiro atoms. The third-order valence-electron chi connectivity index (χ3n) is 4.00. The highest BCUT2D eigenvalue weighted by atomic mass is 15.2. The predicted molar refractivity (Wildman–Crippen MR) is 72.7 cm³/mol. The van der Waals surface area contributed by atoms with Crippen LogP contribution in [0.1, 0.15) is 44.2 Å². The molecule has 2 atom stereocenters. The quantitative estimate of drug-likeness (QED) is 0.868. The normalized spacial score (nSPS) is 26.1. The fourth-order valence-corrected chi connectivity index (χ4v) is 2.78. The highest BCUT2D eigenvalue weighted by Gasteiger charge is 2.24. The van der Waals surface area contributed by atoms with Gasteiger partial charge in [0.25, 0.3) is 0 Å². The molecular weight excluding hydrogens is 208 g/mol. The summed E-state index contributed by atoms with van der Waals surface area (Å²) in [5, 5.41) is 0. The van der Waals surface area contributed by atoms with Crippen molar-refractivity contribution in [1.29, 1.82) is 0 Å². The van der Waals surface area contributed by atoms with Crippen LogP contribution in [-0.2, 0) is 13.1 Å². The third-order valence-corrected chi connectivity index (χ3v) is 4.00. The molecule has 2 N–H and O–H groups in total. The zero-order valence-corrected chi connectivity index (χ0v) is 11.0. The van der Waals surface area contributed by atoms with Crippen LogP contribution >= 0.6 is 0 Å². The van der Waals surface area contributed by atoms with Crippen molar-refractivity contribution in [2.45, 2.75) is 58.3 Å². The van der Waals surface area contributed by atoms with Gasteiger partial charge in [0.05, 0.1) is 0 Å². The SMILES string of the molecule is CC1CCCC(C)N1Cc1ccc(CN)cc1. The Kier molecular flexibility index (Phi) is 4.19. The van der Waals surface area contributed by atoms with Crippen molar-refractivity contribution in [3.63, 3.8) is 0 Å². The highest BCUT2D eigenvalue weighted by Crippen LogP contribution is 2.24. The van der Waals surface area contributed by atoms with Crippen LogP contribution in [0.25, 0.3) is 0 Å². The summed E-state index contributed by atoms with van der Waals surface area (Å²) in [6.45, 7) is 6.41. The molecule has 94 valence electrons. The molecule has 2 nitrogen and oxygen atoms in total. The first kappa shape index (κ1) is 12.6. The molecule has 0 bridgehead atoms. The van der Waals surface area contributed by atoms with Crippen LogP contribution in [0.2, 0.25) is 0 Å². The van der Waals surface area contributed by atoms with E-state index in [9.17, 15) is 0 Å². The van der Waals surface area contributed by atoms with Gasteiger partial charge in [0.15, 0.2) is 0 Å². The summed E-state index contributed by atoms with van der Waals surface area (Å²) in [6, 6.07) is 10.2. The second kappa shape index (κ2) is 5.65. The molecule has 1 aliphatic rings. The smallest absolute Gasteiger partial charge is 0.0239 e. The van der Waals surface area contributed by atoms with Gasteiger partial charge in [-0.1, -0.05) is 30.7 Å². The maximum absolute atomic E-state index is 5.62. The summed E-state index contributed by atoms with van der Waals surface area (Å²) in [4.78, 5) is 2.63. The number of rotatable bonds is 3. The fraction of sp³-hybridized carbons (Fsp3) is 0.600. The molecule has 2 rings (SSSR count). The molecule has 0 radical (unpaired) electrons. The number of hydrogen-bond acceptors (Lipinski definition) is 2. The summed E-state index contributed by atoms with van der Waals surface area (Å²) >= 11 is 0. The van der Waals surface area contributed by atoms with Gasteiger partial charge in [0.1, 0.15) is 0 Å². The van der Waals surface area contributed by atoms with E-state index in [0.717, 1.165) is 6.54 Å². The minimum absolute atomic E-state index is 0.636. The van der Waals surface area contributed by atoms with Crippen molar-refractivity contribution in [3.05, 3.63) is 35.4 Å². The number of nitrogens with two attached hydrogens (primary N) is 1. The van der Waals surface area contributed by atoms with E-state index in [1.54, 1.807) is 0 Å². The molecule has 1 saturated heterocycles. The van der Waals surface area contributed by atoms with Gasteiger partial charge in [0.2, 0.25) is 0 Å². The van der Waals surface area contributed by atoms with Crippen molar-refractivity contribution < 1.29 is 0 Å². The van der Waals surface area contributed by atoms with Gasteiger partial charge < -0.3 is 5.73 Å².